The summed E-state index contributed by atoms with van der Waals surface area (Å²) in [5.74, 6) is 0.254. The van der Waals surface area contributed by atoms with Crippen molar-refractivity contribution in [3.05, 3.63) is 53.6 Å². The summed E-state index contributed by atoms with van der Waals surface area (Å²) >= 11 is 0. The second kappa shape index (κ2) is 8.15. The molecule has 2 aromatic rings. The molecule has 2 amide bonds. The first-order valence-corrected chi connectivity index (χ1v) is 7.88. The van der Waals surface area contributed by atoms with Crippen LogP contribution in [-0.2, 0) is 16.0 Å². The van der Waals surface area contributed by atoms with Gasteiger partial charge >= 0.3 is 0 Å². The number of carbonyl (C=O) groups excluding carboxylic acids is 2. The van der Waals surface area contributed by atoms with Crippen molar-refractivity contribution in [1.29, 1.82) is 0 Å². The van der Waals surface area contributed by atoms with Crippen LogP contribution in [0.1, 0.15) is 25.0 Å². The molecule has 0 aliphatic heterocycles. The molecule has 2 aromatic carbocycles. The standard InChI is InChI=1S/C19H22N2O3/c1-4-15-8-10-16(11-9-15)24-12-19(23)21-18-7-5-6-17(13(18)2)20-14(3)22/h5-11H,4,12H2,1-3H3,(H,20,22)(H,21,23). The Bertz CT molecular complexity index is 724. The van der Waals surface area contributed by atoms with Crippen LogP contribution in [-0.4, -0.2) is 18.4 Å². The summed E-state index contributed by atoms with van der Waals surface area (Å²) < 4.78 is 5.49. The van der Waals surface area contributed by atoms with Crippen LogP contribution in [0.4, 0.5) is 11.4 Å². The Morgan fingerprint density at radius 3 is 2.21 bits per heavy atom. The summed E-state index contributed by atoms with van der Waals surface area (Å²) in [4.78, 5) is 23.3. The highest BCUT2D eigenvalue weighted by Gasteiger charge is 2.09. The van der Waals surface area contributed by atoms with Crippen LogP contribution in [0.2, 0.25) is 0 Å². The van der Waals surface area contributed by atoms with E-state index in [0.717, 1.165) is 12.0 Å². The molecule has 2 rings (SSSR count). The third-order valence-corrected chi connectivity index (χ3v) is 3.62. The Balaban J connectivity index is 1.95. The van der Waals surface area contributed by atoms with E-state index in [1.54, 1.807) is 18.2 Å². The van der Waals surface area contributed by atoms with Gasteiger partial charge in [-0.2, -0.15) is 0 Å². The second-order valence-corrected chi connectivity index (χ2v) is 5.49. The molecule has 24 heavy (non-hydrogen) atoms. The highest BCUT2D eigenvalue weighted by Crippen LogP contribution is 2.23. The average Bonchev–Trinajstić information content (AvgIpc) is 2.56. The van der Waals surface area contributed by atoms with Crippen LogP contribution in [0, 0.1) is 6.92 Å². The molecule has 0 saturated heterocycles. The molecular weight excluding hydrogens is 304 g/mol. The third-order valence-electron chi connectivity index (χ3n) is 3.62. The summed E-state index contributed by atoms with van der Waals surface area (Å²) in [6.45, 7) is 5.30. The van der Waals surface area contributed by atoms with Crippen molar-refractivity contribution in [2.24, 2.45) is 0 Å². The van der Waals surface area contributed by atoms with E-state index >= 15 is 0 Å². The lowest BCUT2D eigenvalue weighted by atomic mass is 10.1. The molecule has 5 nitrogen and oxygen atoms in total. The maximum absolute atomic E-state index is 12.1. The molecule has 0 unspecified atom stereocenters. The van der Waals surface area contributed by atoms with Crippen LogP contribution >= 0.6 is 0 Å². The first kappa shape index (κ1) is 17.5. The fourth-order valence-corrected chi connectivity index (χ4v) is 2.25. The Kier molecular flexibility index (Phi) is 5.95. The van der Waals surface area contributed by atoms with Gasteiger partial charge in [0.1, 0.15) is 5.75 Å². The Morgan fingerprint density at radius 1 is 1.00 bits per heavy atom. The van der Waals surface area contributed by atoms with Gasteiger partial charge in [0.05, 0.1) is 0 Å². The van der Waals surface area contributed by atoms with Crippen molar-refractivity contribution in [3.63, 3.8) is 0 Å². The van der Waals surface area contributed by atoms with E-state index in [1.807, 2.05) is 31.2 Å². The number of amides is 2. The van der Waals surface area contributed by atoms with Gasteiger partial charge in [0, 0.05) is 18.3 Å². The van der Waals surface area contributed by atoms with Gasteiger partial charge in [0.15, 0.2) is 6.61 Å². The van der Waals surface area contributed by atoms with Crippen LogP contribution in [0.5, 0.6) is 5.75 Å². The first-order valence-electron chi connectivity index (χ1n) is 7.88. The van der Waals surface area contributed by atoms with Crippen molar-refractivity contribution in [3.8, 4) is 5.75 Å². The highest BCUT2D eigenvalue weighted by molar-refractivity contribution is 5.95. The summed E-state index contributed by atoms with van der Waals surface area (Å²) in [5.41, 5.74) is 3.35. The van der Waals surface area contributed by atoms with Gasteiger partial charge in [-0.15, -0.1) is 0 Å². The molecule has 0 atom stereocenters. The van der Waals surface area contributed by atoms with Gasteiger partial charge in [0.2, 0.25) is 5.91 Å². The van der Waals surface area contributed by atoms with E-state index in [4.69, 9.17) is 4.74 Å². The number of aryl methyl sites for hydroxylation is 1. The van der Waals surface area contributed by atoms with Crippen molar-refractivity contribution >= 4 is 23.2 Å². The van der Waals surface area contributed by atoms with Gasteiger partial charge in [-0.3, -0.25) is 9.59 Å². The summed E-state index contributed by atoms with van der Waals surface area (Å²) in [7, 11) is 0. The zero-order valence-corrected chi connectivity index (χ0v) is 14.2. The van der Waals surface area contributed by atoms with Gasteiger partial charge in [0.25, 0.3) is 5.91 Å². The normalized spacial score (nSPS) is 10.1. The maximum Gasteiger partial charge on any atom is 0.262 e. The molecule has 2 N–H and O–H groups in total. The second-order valence-electron chi connectivity index (χ2n) is 5.49. The van der Waals surface area contributed by atoms with E-state index in [2.05, 4.69) is 17.6 Å². The molecular formula is C19H22N2O3. The van der Waals surface area contributed by atoms with Crippen LogP contribution < -0.4 is 15.4 Å². The monoisotopic (exact) mass is 326 g/mol. The molecule has 0 saturated carbocycles. The summed E-state index contributed by atoms with van der Waals surface area (Å²) in [5, 5.41) is 5.54. The van der Waals surface area contributed by atoms with E-state index in [0.29, 0.717) is 17.1 Å². The molecule has 0 spiro atoms. The third kappa shape index (κ3) is 4.84. The lowest BCUT2D eigenvalue weighted by Crippen LogP contribution is -2.21. The van der Waals surface area contributed by atoms with Gasteiger partial charge < -0.3 is 15.4 Å². The Hall–Kier alpha value is -2.82. The van der Waals surface area contributed by atoms with Crippen LogP contribution in [0.3, 0.4) is 0 Å². The number of rotatable bonds is 6. The minimum atomic E-state index is -0.252. The zero-order valence-electron chi connectivity index (χ0n) is 14.2. The summed E-state index contributed by atoms with van der Waals surface area (Å²) in [6.07, 6.45) is 0.963. The van der Waals surface area contributed by atoms with Crippen molar-refractivity contribution in [1.82, 2.24) is 0 Å². The van der Waals surface area contributed by atoms with E-state index in [9.17, 15) is 9.59 Å². The number of ether oxygens (including phenoxy) is 1. The minimum absolute atomic E-state index is 0.0741. The molecule has 0 bridgehead atoms. The summed E-state index contributed by atoms with van der Waals surface area (Å²) in [6, 6.07) is 13.0. The van der Waals surface area contributed by atoms with Gasteiger partial charge in [-0.05, 0) is 48.7 Å². The quantitative estimate of drug-likeness (QED) is 0.853. The fraction of sp³-hybridized carbons (Fsp3) is 0.263. The van der Waals surface area contributed by atoms with Crippen LogP contribution in [0.15, 0.2) is 42.5 Å². The van der Waals surface area contributed by atoms with Gasteiger partial charge in [-0.25, -0.2) is 0 Å². The lowest BCUT2D eigenvalue weighted by molar-refractivity contribution is -0.118. The molecule has 126 valence electrons. The molecule has 5 heteroatoms. The van der Waals surface area contributed by atoms with Crippen molar-refractivity contribution < 1.29 is 14.3 Å². The number of anilines is 2. The average molecular weight is 326 g/mol. The smallest absolute Gasteiger partial charge is 0.262 e. The predicted molar refractivity (Wildman–Crippen MR) is 95.4 cm³/mol. The number of hydrogen-bond acceptors (Lipinski definition) is 3. The largest absolute Gasteiger partial charge is 0.484 e. The highest BCUT2D eigenvalue weighted by atomic mass is 16.5. The number of carbonyl (C=O) groups is 2. The Labute approximate surface area is 142 Å². The predicted octanol–water partition coefficient (Wildman–Crippen LogP) is 3.53. The molecule has 0 radical (unpaired) electrons. The SMILES string of the molecule is CCc1ccc(OCC(=O)Nc2cccc(NC(C)=O)c2C)cc1. The molecule has 0 aliphatic rings. The van der Waals surface area contributed by atoms with Gasteiger partial charge in [-0.1, -0.05) is 25.1 Å². The molecule has 0 heterocycles. The molecule has 0 aliphatic carbocycles. The first-order chi connectivity index (χ1) is 11.5. The van der Waals surface area contributed by atoms with E-state index in [-0.39, 0.29) is 18.4 Å². The number of benzene rings is 2. The van der Waals surface area contributed by atoms with E-state index < -0.39 is 0 Å². The Morgan fingerprint density at radius 2 is 1.62 bits per heavy atom. The van der Waals surface area contributed by atoms with E-state index in [1.165, 1.54) is 12.5 Å². The number of nitrogens with one attached hydrogen (secondary N) is 2. The van der Waals surface area contributed by atoms with Crippen molar-refractivity contribution in [2.45, 2.75) is 27.2 Å². The van der Waals surface area contributed by atoms with Crippen LogP contribution in [0.25, 0.3) is 0 Å². The fourth-order valence-electron chi connectivity index (χ4n) is 2.25. The van der Waals surface area contributed by atoms with Crippen molar-refractivity contribution in [2.75, 3.05) is 17.2 Å². The zero-order chi connectivity index (χ0) is 17.5. The topological polar surface area (TPSA) is 67.4 Å². The minimum Gasteiger partial charge on any atom is -0.484 e. The molecule has 0 aromatic heterocycles. The number of hydrogen-bond donors (Lipinski definition) is 2. The molecule has 0 fully saturated rings. The maximum atomic E-state index is 12.1. The lowest BCUT2D eigenvalue weighted by Gasteiger charge is -2.13.